The summed E-state index contributed by atoms with van der Waals surface area (Å²) in [5.41, 5.74) is 4.05. The molecule has 0 aliphatic heterocycles. The Morgan fingerprint density at radius 1 is 1.00 bits per heavy atom. The van der Waals surface area contributed by atoms with Crippen molar-refractivity contribution in [1.29, 1.82) is 0 Å². The van der Waals surface area contributed by atoms with Crippen LogP contribution in [0.5, 0.6) is 17.2 Å². The molecule has 0 aliphatic rings. The quantitative estimate of drug-likeness (QED) is 0.460. The van der Waals surface area contributed by atoms with E-state index in [9.17, 15) is 9.59 Å². The van der Waals surface area contributed by atoms with Crippen molar-refractivity contribution in [3.8, 4) is 17.2 Å². The van der Waals surface area contributed by atoms with E-state index in [1.807, 2.05) is 13.8 Å². The maximum Gasteiger partial charge on any atom is 0.258 e. The molecule has 160 valence electrons. The third-order valence-corrected chi connectivity index (χ3v) is 3.92. The molecule has 8 heteroatoms. The van der Waals surface area contributed by atoms with E-state index in [0.717, 1.165) is 11.1 Å². The van der Waals surface area contributed by atoms with Crippen LogP contribution in [0.25, 0.3) is 0 Å². The molecule has 0 unspecified atom stereocenters. The number of benzene rings is 2. The molecule has 0 heterocycles. The van der Waals surface area contributed by atoms with Gasteiger partial charge >= 0.3 is 0 Å². The fraction of sp³-hybridized carbons (Fsp3) is 0.318. The zero-order chi connectivity index (χ0) is 21.9. The molecule has 2 aromatic rings. The highest BCUT2D eigenvalue weighted by Gasteiger charge is 2.08. The van der Waals surface area contributed by atoms with Crippen molar-refractivity contribution >= 4 is 18.0 Å². The Bertz CT molecular complexity index is 879. The van der Waals surface area contributed by atoms with Gasteiger partial charge in [0.15, 0.2) is 18.1 Å². The van der Waals surface area contributed by atoms with E-state index in [1.165, 1.54) is 6.21 Å². The van der Waals surface area contributed by atoms with Gasteiger partial charge in [0.25, 0.3) is 5.91 Å². The van der Waals surface area contributed by atoms with Crippen LogP contribution in [0.2, 0.25) is 0 Å². The maximum absolute atomic E-state index is 12.1. The number of hydrazone groups is 1. The lowest BCUT2D eigenvalue weighted by Crippen LogP contribution is -2.34. The second-order valence-corrected chi connectivity index (χ2v) is 6.74. The first kappa shape index (κ1) is 22.7. The van der Waals surface area contributed by atoms with Crippen LogP contribution in [0, 0.1) is 0 Å². The fourth-order valence-electron chi connectivity index (χ4n) is 2.56. The maximum atomic E-state index is 12.1. The number of methoxy groups -OCH3 is 2. The Morgan fingerprint density at radius 3 is 2.33 bits per heavy atom. The van der Waals surface area contributed by atoms with Gasteiger partial charge in [-0.2, -0.15) is 5.10 Å². The normalized spacial score (nSPS) is 10.7. The van der Waals surface area contributed by atoms with Crippen molar-refractivity contribution in [1.82, 2.24) is 10.7 Å². The summed E-state index contributed by atoms with van der Waals surface area (Å²) in [4.78, 5) is 23.7. The molecule has 0 bridgehead atoms. The van der Waals surface area contributed by atoms with Gasteiger partial charge in [-0.3, -0.25) is 9.59 Å². The molecule has 0 spiro atoms. The van der Waals surface area contributed by atoms with Gasteiger partial charge < -0.3 is 19.5 Å². The predicted molar refractivity (Wildman–Crippen MR) is 114 cm³/mol. The molecule has 0 saturated carbocycles. The molecule has 0 fully saturated rings. The molecule has 30 heavy (non-hydrogen) atoms. The van der Waals surface area contributed by atoms with Crippen LogP contribution in [0.15, 0.2) is 47.6 Å². The number of carbonyl (C=O) groups is 2. The first-order chi connectivity index (χ1) is 14.4. The van der Waals surface area contributed by atoms with Gasteiger partial charge in [0.1, 0.15) is 5.75 Å². The van der Waals surface area contributed by atoms with Crippen molar-refractivity contribution in [3.63, 3.8) is 0 Å². The molecule has 2 rings (SSSR count). The molecule has 8 nitrogen and oxygen atoms in total. The van der Waals surface area contributed by atoms with Crippen molar-refractivity contribution in [2.24, 2.45) is 5.10 Å². The number of rotatable bonds is 10. The Morgan fingerprint density at radius 2 is 1.70 bits per heavy atom. The van der Waals surface area contributed by atoms with Crippen LogP contribution in [0.1, 0.15) is 25.0 Å². The predicted octanol–water partition coefficient (Wildman–Crippen LogP) is 2.30. The average Bonchev–Trinajstić information content (AvgIpc) is 2.72. The molecular weight excluding hydrogens is 386 g/mol. The van der Waals surface area contributed by atoms with Crippen LogP contribution >= 0.6 is 0 Å². The van der Waals surface area contributed by atoms with E-state index in [0.29, 0.717) is 17.2 Å². The first-order valence-electron chi connectivity index (χ1n) is 9.46. The number of hydrogen-bond acceptors (Lipinski definition) is 6. The summed E-state index contributed by atoms with van der Waals surface area (Å²) < 4.78 is 15.8. The van der Waals surface area contributed by atoms with E-state index in [2.05, 4.69) is 15.8 Å². The minimum Gasteiger partial charge on any atom is -0.493 e. The topological polar surface area (TPSA) is 98.3 Å². The van der Waals surface area contributed by atoms with Crippen LogP contribution in [-0.4, -0.2) is 44.9 Å². The smallest absolute Gasteiger partial charge is 0.258 e. The van der Waals surface area contributed by atoms with Crippen molar-refractivity contribution < 1.29 is 23.8 Å². The standard InChI is InChI=1S/C22H27N3O5/c1-15(2)24-22(27)14-30-18-8-5-16(6-9-18)13-23-25-21(26)12-17-7-10-19(28-3)20(11-17)29-4/h5-11,13,15H,12,14H2,1-4H3,(H,24,27)(H,25,26)/b23-13+. The van der Waals surface area contributed by atoms with Crippen LogP contribution < -0.4 is 25.0 Å². The van der Waals surface area contributed by atoms with Crippen molar-refractivity contribution in [3.05, 3.63) is 53.6 Å². The minimum atomic E-state index is -0.255. The molecule has 0 aromatic heterocycles. The lowest BCUT2D eigenvalue weighted by Gasteiger charge is -2.09. The van der Waals surface area contributed by atoms with E-state index in [-0.39, 0.29) is 30.9 Å². The highest BCUT2D eigenvalue weighted by Crippen LogP contribution is 2.27. The third-order valence-electron chi connectivity index (χ3n) is 3.92. The SMILES string of the molecule is COc1ccc(CC(=O)N/N=C/c2ccc(OCC(=O)NC(C)C)cc2)cc1OC. The summed E-state index contributed by atoms with van der Waals surface area (Å²) >= 11 is 0. The molecule has 0 radical (unpaired) electrons. The molecule has 2 aromatic carbocycles. The van der Waals surface area contributed by atoms with Gasteiger partial charge in [0.05, 0.1) is 26.9 Å². The summed E-state index contributed by atoms with van der Waals surface area (Å²) in [6.45, 7) is 3.73. The Kier molecular flexibility index (Phi) is 8.68. The van der Waals surface area contributed by atoms with Gasteiger partial charge in [-0.1, -0.05) is 6.07 Å². The molecule has 0 aliphatic carbocycles. The van der Waals surface area contributed by atoms with Gasteiger partial charge in [-0.15, -0.1) is 0 Å². The number of amides is 2. The monoisotopic (exact) mass is 413 g/mol. The zero-order valence-corrected chi connectivity index (χ0v) is 17.6. The average molecular weight is 413 g/mol. The molecule has 2 N–H and O–H groups in total. The second-order valence-electron chi connectivity index (χ2n) is 6.74. The Hall–Kier alpha value is -3.55. The lowest BCUT2D eigenvalue weighted by atomic mass is 10.1. The molecule has 0 saturated heterocycles. The largest absolute Gasteiger partial charge is 0.493 e. The van der Waals surface area contributed by atoms with E-state index in [4.69, 9.17) is 14.2 Å². The molecular formula is C22H27N3O5. The van der Waals surface area contributed by atoms with Crippen molar-refractivity contribution in [2.45, 2.75) is 26.3 Å². The second kappa shape index (κ2) is 11.5. The number of nitrogens with zero attached hydrogens (tertiary/aromatic N) is 1. The van der Waals surface area contributed by atoms with Gasteiger partial charge in [0.2, 0.25) is 5.91 Å². The number of nitrogens with one attached hydrogen (secondary N) is 2. The van der Waals surface area contributed by atoms with Crippen LogP contribution in [-0.2, 0) is 16.0 Å². The molecule has 2 amide bonds. The number of carbonyl (C=O) groups excluding carboxylic acids is 2. The zero-order valence-electron chi connectivity index (χ0n) is 17.6. The summed E-state index contributed by atoms with van der Waals surface area (Å²) in [7, 11) is 3.10. The van der Waals surface area contributed by atoms with E-state index < -0.39 is 0 Å². The first-order valence-corrected chi connectivity index (χ1v) is 9.46. The van der Waals surface area contributed by atoms with Crippen molar-refractivity contribution in [2.75, 3.05) is 20.8 Å². The lowest BCUT2D eigenvalue weighted by molar-refractivity contribution is -0.123. The summed E-state index contributed by atoms with van der Waals surface area (Å²) in [6.07, 6.45) is 1.69. The Labute approximate surface area is 176 Å². The van der Waals surface area contributed by atoms with E-state index in [1.54, 1.807) is 56.7 Å². The highest BCUT2D eigenvalue weighted by atomic mass is 16.5. The number of hydrogen-bond donors (Lipinski definition) is 2. The minimum absolute atomic E-state index is 0.0438. The third kappa shape index (κ3) is 7.46. The van der Waals surface area contributed by atoms with Crippen LogP contribution in [0.4, 0.5) is 0 Å². The summed E-state index contributed by atoms with van der Waals surface area (Å²) in [5, 5.41) is 6.72. The Balaban J connectivity index is 1.82. The van der Waals surface area contributed by atoms with Gasteiger partial charge in [-0.05, 0) is 61.4 Å². The van der Waals surface area contributed by atoms with Gasteiger partial charge in [0, 0.05) is 6.04 Å². The van der Waals surface area contributed by atoms with Gasteiger partial charge in [-0.25, -0.2) is 5.43 Å². The summed E-state index contributed by atoms with van der Waals surface area (Å²) in [6, 6.07) is 12.4. The molecule has 0 atom stereocenters. The highest BCUT2D eigenvalue weighted by molar-refractivity contribution is 5.83. The number of ether oxygens (including phenoxy) is 3. The van der Waals surface area contributed by atoms with Crippen LogP contribution in [0.3, 0.4) is 0 Å². The summed E-state index contributed by atoms with van der Waals surface area (Å²) in [5.74, 6) is 1.31. The fourth-order valence-corrected chi connectivity index (χ4v) is 2.56. The van der Waals surface area contributed by atoms with E-state index >= 15 is 0 Å².